The molecule has 0 saturated carbocycles. The Morgan fingerprint density at radius 2 is 2.00 bits per heavy atom. The Hall–Kier alpha value is -0.675. The van der Waals surface area contributed by atoms with Crippen LogP contribution in [0.5, 0.6) is 0 Å². The van der Waals surface area contributed by atoms with Crippen molar-refractivity contribution in [3.05, 3.63) is 11.9 Å². The number of hydrogen-bond acceptors (Lipinski definition) is 4. The predicted octanol–water partition coefficient (Wildman–Crippen LogP) is 1.02. The van der Waals surface area contributed by atoms with Gasteiger partial charge in [-0.1, -0.05) is 0 Å². The molecule has 0 spiro atoms. The van der Waals surface area contributed by atoms with Crippen LogP contribution in [0.15, 0.2) is 11.9 Å². The summed E-state index contributed by atoms with van der Waals surface area (Å²) in [7, 11) is 1.47. The fourth-order valence-corrected chi connectivity index (χ4v) is 0.794. The molecule has 1 aliphatic heterocycles. The van der Waals surface area contributed by atoms with Gasteiger partial charge in [-0.25, -0.2) is 0 Å². The zero-order valence-corrected chi connectivity index (χ0v) is 9.74. The van der Waals surface area contributed by atoms with E-state index in [0.717, 1.165) is 0 Å². The number of ether oxygens (including phenoxy) is 2. The van der Waals surface area contributed by atoms with Gasteiger partial charge < -0.3 is 19.2 Å². The summed E-state index contributed by atoms with van der Waals surface area (Å²) in [5.41, 5.74) is -1.08. The van der Waals surface area contributed by atoms with Crippen molar-refractivity contribution in [1.82, 2.24) is 0 Å². The van der Waals surface area contributed by atoms with E-state index in [1.165, 1.54) is 13.7 Å². The van der Waals surface area contributed by atoms with Gasteiger partial charge in [-0.15, -0.1) is 0 Å². The maximum absolute atomic E-state index is 9.84. The van der Waals surface area contributed by atoms with Gasteiger partial charge in [0.25, 0.3) is 0 Å². The summed E-state index contributed by atoms with van der Waals surface area (Å²) in [6.07, 6.45) is 1.50. The van der Waals surface area contributed by atoms with Crippen molar-refractivity contribution in [2.45, 2.75) is 38.9 Å². The van der Waals surface area contributed by atoms with Crippen molar-refractivity contribution >= 4 is 7.48 Å². The molecule has 5 heteroatoms. The lowest BCUT2D eigenvalue weighted by atomic mass is 9.86. The second kappa shape index (κ2) is 4.45. The standard InChI is InChI=1S/C10H18BO4/c1-9(2,12)10(3,4)15-11-8-7-13-5-6-14-8/h7,12H,5-6H2,1-4H3. The minimum Gasteiger partial charge on any atom is -0.499 e. The summed E-state index contributed by atoms with van der Waals surface area (Å²) in [6.45, 7) is 8.11. The molecule has 0 bridgehead atoms. The Labute approximate surface area is 91.5 Å². The number of rotatable bonds is 4. The molecule has 0 saturated heterocycles. The second-order valence-corrected chi connectivity index (χ2v) is 4.54. The molecule has 0 atom stereocenters. The lowest BCUT2D eigenvalue weighted by Crippen LogP contribution is -2.48. The topological polar surface area (TPSA) is 47.9 Å². The van der Waals surface area contributed by atoms with E-state index in [-0.39, 0.29) is 0 Å². The largest absolute Gasteiger partial charge is 0.499 e. The molecule has 1 N–H and O–H groups in total. The molecule has 85 valence electrons. The Balaban J connectivity index is 2.45. The van der Waals surface area contributed by atoms with E-state index in [1.54, 1.807) is 13.8 Å². The molecule has 1 aliphatic rings. The highest BCUT2D eigenvalue weighted by Crippen LogP contribution is 2.25. The lowest BCUT2D eigenvalue weighted by molar-refractivity contribution is -0.0911. The molecule has 0 amide bonds. The zero-order chi connectivity index (χ0) is 11.5. The molecule has 0 unspecified atom stereocenters. The third kappa shape index (κ3) is 3.43. The lowest BCUT2D eigenvalue weighted by Gasteiger charge is -2.37. The summed E-state index contributed by atoms with van der Waals surface area (Å²) < 4.78 is 15.8. The molecule has 0 aromatic rings. The zero-order valence-electron chi connectivity index (χ0n) is 9.74. The van der Waals surface area contributed by atoms with Gasteiger partial charge in [0, 0.05) is 0 Å². The first-order valence-corrected chi connectivity index (χ1v) is 5.01. The van der Waals surface area contributed by atoms with Crippen LogP contribution in [0.2, 0.25) is 0 Å². The third-order valence-corrected chi connectivity index (χ3v) is 2.61. The number of aliphatic hydroxyl groups is 1. The molecule has 15 heavy (non-hydrogen) atoms. The van der Waals surface area contributed by atoms with E-state index in [4.69, 9.17) is 14.1 Å². The van der Waals surface area contributed by atoms with Gasteiger partial charge in [-0.05, 0) is 27.7 Å². The van der Waals surface area contributed by atoms with Gasteiger partial charge in [0.15, 0.2) is 0 Å². The molecule has 0 fully saturated rings. The van der Waals surface area contributed by atoms with Gasteiger partial charge in [-0.3, -0.25) is 0 Å². The van der Waals surface area contributed by atoms with Crippen LogP contribution >= 0.6 is 0 Å². The van der Waals surface area contributed by atoms with Gasteiger partial charge in [0.1, 0.15) is 25.1 Å². The molecule has 4 nitrogen and oxygen atoms in total. The average molecular weight is 213 g/mol. The predicted molar refractivity (Wildman–Crippen MR) is 57.2 cm³/mol. The van der Waals surface area contributed by atoms with Crippen LogP contribution in [0.25, 0.3) is 0 Å². The van der Waals surface area contributed by atoms with Gasteiger partial charge >= 0.3 is 7.48 Å². The van der Waals surface area contributed by atoms with Crippen LogP contribution in [0.1, 0.15) is 27.7 Å². The molecule has 1 rings (SSSR count). The summed E-state index contributed by atoms with van der Waals surface area (Å²) in [5.74, 6) is 0. The first kappa shape index (κ1) is 12.4. The minimum absolute atomic E-state index is 0.522. The van der Waals surface area contributed by atoms with E-state index in [2.05, 4.69) is 0 Å². The van der Waals surface area contributed by atoms with Crippen molar-refractivity contribution in [3.63, 3.8) is 0 Å². The number of hydrogen-bond donors (Lipinski definition) is 1. The normalized spacial score (nSPS) is 17.5. The highest BCUT2D eigenvalue weighted by molar-refractivity contribution is 6.37. The minimum atomic E-state index is -0.931. The Bertz CT molecular complexity index is 242. The van der Waals surface area contributed by atoms with E-state index in [0.29, 0.717) is 18.9 Å². The first-order valence-electron chi connectivity index (χ1n) is 5.01. The van der Waals surface area contributed by atoms with Crippen molar-refractivity contribution in [3.8, 4) is 0 Å². The van der Waals surface area contributed by atoms with Crippen LogP contribution in [-0.2, 0) is 14.1 Å². The summed E-state index contributed by atoms with van der Waals surface area (Å²) in [5, 5.41) is 9.84. The quantitative estimate of drug-likeness (QED) is 0.708. The fourth-order valence-electron chi connectivity index (χ4n) is 0.794. The van der Waals surface area contributed by atoms with Crippen LogP contribution < -0.4 is 0 Å². The van der Waals surface area contributed by atoms with Crippen molar-refractivity contribution < 1.29 is 19.2 Å². The van der Waals surface area contributed by atoms with Gasteiger partial charge in [-0.2, -0.15) is 0 Å². The third-order valence-electron chi connectivity index (χ3n) is 2.61. The van der Waals surface area contributed by atoms with Crippen LogP contribution in [-0.4, -0.2) is 37.0 Å². The van der Waals surface area contributed by atoms with E-state index < -0.39 is 11.2 Å². The highest BCUT2D eigenvalue weighted by Gasteiger charge is 2.36. The SMILES string of the molecule is CC(C)(O)C(C)(C)O[B]C1=COCCO1. The van der Waals surface area contributed by atoms with Gasteiger partial charge in [0.05, 0.1) is 11.2 Å². The summed E-state index contributed by atoms with van der Waals surface area (Å²) in [4.78, 5) is 0. The highest BCUT2D eigenvalue weighted by atomic mass is 16.6. The van der Waals surface area contributed by atoms with E-state index in [9.17, 15) is 5.11 Å². The molecular weight excluding hydrogens is 195 g/mol. The second-order valence-electron chi connectivity index (χ2n) is 4.54. The molecular formula is C10H18BO4. The van der Waals surface area contributed by atoms with E-state index in [1.807, 2.05) is 13.8 Å². The average Bonchev–Trinajstić information content (AvgIpc) is 2.15. The van der Waals surface area contributed by atoms with Crippen molar-refractivity contribution in [1.29, 1.82) is 0 Å². The molecule has 1 radical (unpaired) electrons. The summed E-state index contributed by atoms with van der Waals surface area (Å²) >= 11 is 0. The van der Waals surface area contributed by atoms with Crippen molar-refractivity contribution in [2.24, 2.45) is 0 Å². The molecule has 0 aromatic carbocycles. The van der Waals surface area contributed by atoms with Crippen LogP contribution in [0.4, 0.5) is 0 Å². The maximum atomic E-state index is 9.84. The Kier molecular flexibility index (Phi) is 3.68. The Morgan fingerprint density at radius 3 is 2.47 bits per heavy atom. The molecule has 0 aliphatic carbocycles. The van der Waals surface area contributed by atoms with Crippen molar-refractivity contribution in [2.75, 3.05) is 13.2 Å². The van der Waals surface area contributed by atoms with Crippen LogP contribution in [0.3, 0.4) is 0 Å². The Morgan fingerprint density at radius 1 is 1.33 bits per heavy atom. The van der Waals surface area contributed by atoms with Crippen LogP contribution in [0, 0.1) is 0 Å². The van der Waals surface area contributed by atoms with Gasteiger partial charge in [0.2, 0.25) is 0 Å². The van der Waals surface area contributed by atoms with E-state index >= 15 is 0 Å². The smallest absolute Gasteiger partial charge is 0.379 e. The first-order chi connectivity index (χ1) is 6.83. The molecule has 1 heterocycles. The molecule has 0 aromatic heterocycles. The fraction of sp³-hybridized carbons (Fsp3) is 0.800. The summed E-state index contributed by atoms with van der Waals surface area (Å²) in [6, 6.07) is 0. The maximum Gasteiger partial charge on any atom is 0.379 e. The monoisotopic (exact) mass is 213 g/mol.